The van der Waals surface area contributed by atoms with Crippen LogP contribution in [0.1, 0.15) is 11.1 Å². The number of H-pyrrole nitrogens is 1. The molecule has 26 heavy (non-hydrogen) atoms. The molecule has 0 atom stereocenters. The van der Waals surface area contributed by atoms with Gasteiger partial charge >= 0.3 is 0 Å². The van der Waals surface area contributed by atoms with Crippen molar-refractivity contribution in [1.29, 1.82) is 0 Å². The maximum atomic E-state index is 12.8. The number of amides is 1. The average Bonchev–Trinajstić information content (AvgIpc) is 2.67. The number of carbonyl (C=O) groups is 1. The van der Waals surface area contributed by atoms with Gasteiger partial charge in [-0.25, -0.2) is 0 Å². The van der Waals surface area contributed by atoms with Gasteiger partial charge in [-0.3, -0.25) is 14.6 Å². The Labute approximate surface area is 155 Å². The summed E-state index contributed by atoms with van der Waals surface area (Å²) in [6.45, 7) is 1.04. The summed E-state index contributed by atoms with van der Waals surface area (Å²) in [5, 5.41) is 7.77. The lowest BCUT2D eigenvalue weighted by atomic mass is 10.1. The standard InChI is InChI=1S/C19H18N4O2S/c24-17-11-20-22-19(21-17)26-14-18(25)23(12-15-7-3-1-4-8-15)13-16-9-5-2-6-10-16/h1-11H,12-14H2,(H,21,22,24). The van der Waals surface area contributed by atoms with Crippen LogP contribution in [0.2, 0.25) is 0 Å². The summed E-state index contributed by atoms with van der Waals surface area (Å²) in [6.07, 6.45) is 1.10. The zero-order valence-corrected chi connectivity index (χ0v) is 14.9. The molecule has 0 aliphatic rings. The van der Waals surface area contributed by atoms with Crippen molar-refractivity contribution in [2.45, 2.75) is 18.2 Å². The van der Waals surface area contributed by atoms with Gasteiger partial charge in [0, 0.05) is 13.1 Å². The van der Waals surface area contributed by atoms with Gasteiger partial charge in [-0.15, -0.1) is 5.10 Å². The topological polar surface area (TPSA) is 79.0 Å². The highest BCUT2D eigenvalue weighted by molar-refractivity contribution is 7.99. The van der Waals surface area contributed by atoms with Gasteiger partial charge in [0.05, 0.1) is 5.75 Å². The number of nitrogens with zero attached hydrogens (tertiary/aromatic N) is 3. The maximum absolute atomic E-state index is 12.8. The molecular weight excluding hydrogens is 348 g/mol. The summed E-state index contributed by atoms with van der Waals surface area (Å²) in [6, 6.07) is 19.7. The van der Waals surface area contributed by atoms with E-state index in [1.807, 2.05) is 60.7 Å². The van der Waals surface area contributed by atoms with Crippen LogP contribution in [0.25, 0.3) is 0 Å². The Morgan fingerprint density at radius 1 is 0.962 bits per heavy atom. The fraction of sp³-hybridized carbons (Fsp3) is 0.158. The molecule has 0 fully saturated rings. The SMILES string of the molecule is O=C(CSc1nncc(=O)[nH]1)N(Cc1ccccc1)Cc1ccccc1. The predicted molar refractivity (Wildman–Crippen MR) is 101 cm³/mol. The lowest BCUT2D eigenvalue weighted by molar-refractivity contribution is -0.129. The van der Waals surface area contributed by atoms with Crippen LogP contribution in [-0.4, -0.2) is 31.7 Å². The second-order valence-corrected chi connectivity index (χ2v) is 6.61. The van der Waals surface area contributed by atoms with Crippen LogP contribution in [0.4, 0.5) is 0 Å². The quantitative estimate of drug-likeness (QED) is 0.650. The minimum absolute atomic E-state index is 0.0331. The lowest BCUT2D eigenvalue weighted by Gasteiger charge is -2.23. The van der Waals surface area contributed by atoms with E-state index in [1.54, 1.807) is 4.90 Å². The van der Waals surface area contributed by atoms with Crippen molar-refractivity contribution in [1.82, 2.24) is 20.1 Å². The molecule has 6 nitrogen and oxygen atoms in total. The van der Waals surface area contributed by atoms with Gasteiger partial charge < -0.3 is 4.90 Å². The maximum Gasteiger partial charge on any atom is 0.270 e. The molecule has 3 rings (SSSR count). The number of benzene rings is 2. The van der Waals surface area contributed by atoms with E-state index in [0.29, 0.717) is 18.2 Å². The Kier molecular flexibility index (Phi) is 6.16. The highest BCUT2D eigenvalue weighted by atomic mass is 32.2. The predicted octanol–water partition coefficient (Wildman–Crippen LogP) is 2.49. The van der Waals surface area contributed by atoms with E-state index in [2.05, 4.69) is 15.2 Å². The number of rotatable bonds is 7. The van der Waals surface area contributed by atoms with Crippen molar-refractivity contribution in [3.05, 3.63) is 88.3 Å². The molecule has 0 aliphatic heterocycles. The third-order valence-electron chi connectivity index (χ3n) is 3.67. The largest absolute Gasteiger partial charge is 0.333 e. The van der Waals surface area contributed by atoms with Gasteiger partial charge in [0.15, 0.2) is 5.16 Å². The Bertz CT molecular complexity index is 858. The first-order chi connectivity index (χ1) is 12.7. The molecule has 3 aromatic rings. The molecule has 1 amide bonds. The first-order valence-electron chi connectivity index (χ1n) is 8.11. The Hall–Kier alpha value is -2.93. The van der Waals surface area contributed by atoms with Crippen molar-refractivity contribution < 1.29 is 4.79 Å². The monoisotopic (exact) mass is 366 g/mol. The minimum atomic E-state index is -0.333. The number of aromatic nitrogens is 3. The zero-order valence-electron chi connectivity index (χ0n) is 14.0. The lowest BCUT2D eigenvalue weighted by Crippen LogP contribution is -2.31. The molecule has 7 heteroatoms. The molecule has 1 heterocycles. The summed E-state index contributed by atoms with van der Waals surface area (Å²) in [4.78, 5) is 28.4. The smallest absolute Gasteiger partial charge is 0.270 e. The van der Waals surface area contributed by atoms with E-state index in [-0.39, 0.29) is 17.2 Å². The van der Waals surface area contributed by atoms with E-state index in [1.165, 1.54) is 11.8 Å². The summed E-state index contributed by atoms with van der Waals surface area (Å²) < 4.78 is 0. The van der Waals surface area contributed by atoms with Crippen molar-refractivity contribution in [3.8, 4) is 0 Å². The molecule has 0 saturated carbocycles. The molecule has 0 bridgehead atoms. The summed E-state index contributed by atoms with van der Waals surface area (Å²) in [7, 11) is 0. The third kappa shape index (κ3) is 5.29. The second-order valence-electron chi connectivity index (χ2n) is 5.65. The van der Waals surface area contributed by atoms with Gasteiger partial charge in [0.2, 0.25) is 5.91 Å². The van der Waals surface area contributed by atoms with Crippen molar-refractivity contribution in [2.75, 3.05) is 5.75 Å². The van der Waals surface area contributed by atoms with Crippen LogP contribution < -0.4 is 5.56 Å². The fourth-order valence-corrected chi connectivity index (χ4v) is 3.14. The first kappa shape index (κ1) is 17.9. The second kappa shape index (κ2) is 8.96. The zero-order chi connectivity index (χ0) is 18.2. The summed E-state index contributed by atoms with van der Waals surface area (Å²) in [5.74, 6) is 0.142. The molecule has 0 saturated heterocycles. The van der Waals surface area contributed by atoms with E-state index in [9.17, 15) is 9.59 Å². The Balaban J connectivity index is 1.70. The van der Waals surface area contributed by atoms with E-state index in [0.717, 1.165) is 17.3 Å². The minimum Gasteiger partial charge on any atom is -0.333 e. The van der Waals surface area contributed by atoms with Gasteiger partial charge in [-0.1, -0.05) is 72.4 Å². The first-order valence-corrected chi connectivity index (χ1v) is 9.10. The van der Waals surface area contributed by atoms with Crippen LogP contribution >= 0.6 is 11.8 Å². The van der Waals surface area contributed by atoms with Gasteiger partial charge in [0.25, 0.3) is 5.56 Å². The van der Waals surface area contributed by atoms with Gasteiger partial charge in [-0.2, -0.15) is 5.10 Å². The van der Waals surface area contributed by atoms with Crippen LogP contribution in [0.5, 0.6) is 0 Å². The number of carbonyl (C=O) groups excluding carboxylic acids is 1. The van der Waals surface area contributed by atoms with Crippen LogP contribution in [0.15, 0.2) is 76.8 Å². The van der Waals surface area contributed by atoms with Gasteiger partial charge in [-0.05, 0) is 11.1 Å². The molecule has 0 radical (unpaired) electrons. The highest BCUT2D eigenvalue weighted by Gasteiger charge is 2.15. The molecule has 132 valence electrons. The van der Waals surface area contributed by atoms with Crippen molar-refractivity contribution in [2.24, 2.45) is 0 Å². The molecule has 1 N–H and O–H groups in total. The molecule has 0 aliphatic carbocycles. The molecule has 2 aromatic carbocycles. The van der Waals surface area contributed by atoms with Gasteiger partial charge in [0.1, 0.15) is 6.20 Å². The third-order valence-corrected chi connectivity index (χ3v) is 4.52. The average molecular weight is 366 g/mol. The van der Waals surface area contributed by atoms with Crippen molar-refractivity contribution in [3.63, 3.8) is 0 Å². The molecular formula is C19H18N4O2S. The summed E-state index contributed by atoms with van der Waals surface area (Å²) >= 11 is 1.17. The van der Waals surface area contributed by atoms with Crippen LogP contribution in [0, 0.1) is 0 Å². The number of hydrogen-bond donors (Lipinski definition) is 1. The van der Waals surface area contributed by atoms with Crippen molar-refractivity contribution >= 4 is 17.7 Å². The number of hydrogen-bond acceptors (Lipinski definition) is 5. The van der Waals surface area contributed by atoms with Crippen LogP contribution in [0.3, 0.4) is 0 Å². The van der Waals surface area contributed by atoms with E-state index < -0.39 is 0 Å². The summed E-state index contributed by atoms with van der Waals surface area (Å²) in [5.41, 5.74) is 1.80. The Morgan fingerprint density at radius 3 is 2.08 bits per heavy atom. The number of nitrogens with one attached hydrogen (secondary N) is 1. The van der Waals surface area contributed by atoms with Crippen LogP contribution in [-0.2, 0) is 17.9 Å². The Morgan fingerprint density at radius 2 is 1.54 bits per heavy atom. The highest BCUT2D eigenvalue weighted by Crippen LogP contribution is 2.15. The number of aromatic amines is 1. The molecule has 1 aromatic heterocycles. The number of thioether (sulfide) groups is 1. The normalized spacial score (nSPS) is 10.5. The fourth-order valence-electron chi connectivity index (χ4n) is 2.42. The molecule has 0 unspecified atom stereocenters. The van der Waals surface area contributed by atoms with E-state index >= 15 is 0 Å². The van der Waals surface area contributed by atoms with E-state index in [4.69, 9.17) is 0 Å². The molecule has 0 spiro atoms.